The summed E-state index contributed by atoms with van der Waals surface area (Å²) in [6.07, 6.45) is 3.58. The molecule has 1 fully saturated rings. The fourth-order valence-corrected chi connectivity index (χ4v) is 3.67. The van der Waals surface area contributed by atoms with Gasteiger partial charge in [-0.1, -0.05) is 42.9 Å². The van der Waals surface area contributed by atoms with Crippen molar-refractivity contribution < 1.29 is 14.4 Å². The highest BCUT2D eigenvalue weighted by Crippen LogP contribution is 2.23. The maximum absolute atomic E-state index is 12.9. The summed E-state index contributed by atoms with van der Waals surface area (Å²) in [7, 11) is 1.68. The van der Waals surface area contributed by atoms with Crippen LogP contribution in [0.4, 0.5) is 0 Å². The van der Waals surface area contributed by atoms with Gasteiger partial charge in [0.25, 0.3) is 5.91 Å². The number of hydrogen-bond acceptors (Lipinski definition) is 4. The minimum absolute atomic E-state index is 0.0630. The predicted octanol–water partition coefficient (Wildman–Crippen LogP) is 2.02. The van der Waals surface area contributed by atoms with Gasteiger partial charge in [-0.15, -0.1) is 0 Å². The number of rotatable bonds is 6. The van der Waals surface area contributed by atoms with Crippen LogP contribution >= 0.6 is 22.6 Å². The smallest absolute Gasteiger partial charge is 0.256 e. The van der Waals surface area contributed by atoms with Crippen molar-refractivity contribution in [2.45, 2.75) is 39.4 Å². The number of nitrogens with zero attached hydrogens (tertiary/aromatic N) is 4. The van der Waals surface area contributed by atoms with Crippen molar-refractivity contribution in [2.75, 3.05) is 24.6 Å². The standard InChI is InChI=1S/C19H27IN4O3/c1-5-13(2)11-23-12-16(24(17(25)9-20)14(3)18(23)26)22(4)19(27)15-7-6-8-21-10-15/h6-8,10,13-14,16H,5,9,11-12H2,1-4H3. The summed E-state index contributed by atoms with van der Waals surface area (Å²) in [4.78, 5) is 47.2. The molecule has 2 rings (SSSR count). The number of alkyl halides is 1. The van der Waals surface area contributed by atoms with Gasteiger partial charge < -0.3 is 14.7 Å². The summed E-state index contributed by atoms with van der Waals surface area (Å²) in [5.74, 6) is -0.0696. The first-order valence-electron chi connectivity index (χ1n) is 9.14. The van der Waals surface area contributed by atoms with Crippen LogP contribution in [0, 0.1) is 5.92 Å². The zero-order valence-electron chi connectivity index (χ0n) is 16.3. The van der Waals surface area contributed by atoms with Crippen LogP contribution in [0.2, 0.25) is 0 Å². The molecular weight excluding hydrogens is 459 g/mol. The number of hydrogen-bond donors (Lipinski definition) is 0. The Hall–Kier alpha value is -1.71. The third-order valence-corrected chi connectivity index (χ3v) is 5.75. The molecule has 1 aliphatic rings. The fraction of sp³-hybridized carbons (Fsp3) is 0.579. The number of amides is 3. The summed E-state index contributed by atoms with van der Waals surface area (Å²) < 4.78 is 0.256. The van der Waals surface area contributed by atoms with Crippen molar-refractivity contribution in [1.29, 1.82) is 0 Å². The first kappa shape index (κ1) is 21.6. The maximum Gasteiger partial charge on any atom is 0.256 e. The van der Waals surface area contributed by atoms with Gasteiger partial charge in [0.2, 0.25) is 11.8 Å². The Bertz CT molecular complexity index is 685. The minimum atomic E-state index is -0.598. The quantitative estimate of drug-likeness (QED) is 0.456. The van der Waals surface area contributed by atoms with E-state index in [0.717, 1.165) is 6.42 Å². The number of carbonyl (C=O) groups is 3. The van der Waals surface area contributed by atoms with Gasteiger partial charge in [0.1, 0.15) is 12.2 Å². The molecular formula is C19H27IN4O3. The third kappa shape index (κ3) is 4.77. The second kappa shape index (κ2) is 9.48. The van der Waals surface area contributed by atoms with Crippen molar-refractivity contribution in [3.63, 3.8) is 0 Å². The molecule has 0 saturated carbocycles. The van der Waals surface area contributed by atoms with Gasteiger partial charge in [0.15, 0.2) is 0 Å². The number of piperazine rings is 1. The summed E-state index contributed by atoms with van der Waals surface area (Å²) in [5, 5.41) is 0. The lowest BCUT2D eigenvalue weighted by molar-refractivity contribution is -0.159. The highest BCUT2D eigenvalue weighted by Gasteiger charge is 2.43. The largest absolute Gasteiger partial charge is 0.337 e. The van der Waals surface area contributed by atoms with Crippen LogP contribution < -0.4 is 0 Å². The summed E-state index contributed by atoms with van der Waals surface area (Å²) in [6, 6.07) is 2.81. The zero-order valence-corrected chi connectivity index (χ0v) is 18.4. The molecule has 0 N–H and O–H groups in total. The lowest BCUT2D eigenvalue weighted by atomic mass is 10.0. The van der Waals surface area contributed by atoms with E-state index in [2.05, 4.69) is 18.8 Å². The Morgan fingerprint density at radius 1 is 1.44 bits per heavy atom. The Kier molecular flexibility index (Phi) is 7.58. The van der Waals surface area contributed by atoms with Crippen LogP contribution in [0.15, 0.2) is 24.5 Å². The van der Waals surface area contributed by atoms with E-state index in [0.29, 0.717) is 24.6 Å². The Labute approximate surface area is 174 Å². The first-order valence-corrected chi connectivity index (χ1v) is 10.7. The van der Waals surface area contributed by atoms with E-state index >= 15 is 0 Å². The van der Waals surface area contributed by atoms with Crippen LogP contribution in [0.25, 0.3) is 0 Å². The number of carbonyl (C=O) groups excluding carboxylic acids is 3. The van der Waals surface area contributed by atoms with Gasteiger partial charge >= 0.3 is 0 Å². The van der Waals surface area contributed by atoms with Crippen molar-refractivity contribution >= 4 is 40.3 Å². The summed E-state index contributed by atoms with van der Waals surface area (Å²) >= 11 is 2.00. The molecule has 0 spiro atoms. The van der Waals surface area contributed by atoms with E-state index in [4.69, 9.17) is 0 Å². The average Bonchev–Trinajstić information content (AvgIpc) is 2.70. The van der Waals surface area contributed by atoms with E-state index in [-0.39, 0.29) is 22.1 Å². The maximum atomic E-state index is 12.9. The third-order valence-electron chi connectivity index (χ3n) is 5.10. The van der Waals surface area contributed by atoms with Crippen molar-refractivity contribution in [3.05, 3.63) is 30.1 Å². The first-order chi connectivity index (χ1) is 12.8. The molecule has 3 unspecified atom stereocenters. The molecule has 27 heavy (non-hydrogen) atoms. The molecule has 7 nitrogen and oxygen atoms in total. The number of pyridine rings is 1. The van der Waals surface area contributed by atoms with Gasteiger partial charge in [-0.3, -0.25) is 19.4 Å². The van der Waals surface area contributed by atoms with Crippen LogP contribution in [0.3, 0.4) is 0 Å². The van der Waals surface area contributed by atoms with Gasteiger partial charge in [0.05, 0.1) is 16.5 Å². The SMILES string of the molecule is CCC(C)CN1CC(N(C)C(=O)c2cccnc2)N(C(=O)CI)C(C)C1=O. The normalized spacial score (nSPS) is 21.1. The Morgan fingerprint density at radius 2 is 2.15 bits per heavy atom. The molecule has 0 aromatic carbocycles. The minimum Gasteiger partial charge on any atom is -0.337 e. The molecule has 1 aliphatic heterocycles. The molecule has 1 saturated heterocycles. The number of likely N-dealkylation sites (N-methyl/N-ethyl adjacent to an activating group) is 1. The molecule has 1 aromatic heterocycles. The molecule has 8 heteroatoms. The van der Waals surface area contributed by atoms with Gasteiger partial charge in [-0.2, -0.15) is 0 Å². The van der Waals surface area contributed by atoms with Crippen molar-refractivity contribution in [1.82, 2.24) is 19.7 Å². The van der Waals surface area contributed by atoms with E-state index in [9.17, 15) is 14.4 Å². The Morgan fingerprint density at radius 3 is 2.70 bits per heavy atom. The van der Waals surface area contributed by atoms with Crippen LogP contribution in [0.5, 0.6) is 0 Å². The van der Waals surface area contributed by atoms with Crippen LogP contribution in [-0.4, -0.2) is 74.2 Å². The predicted molar refractivity (Wildman–Crippen MR) is 111 cm³/mol. The van der Waals surface area contributed by atoms with Crippen molar-refractivity contribution in [2.24, 2.45) is 5.92 Å². The number of halogens is 1. The van der Waals surface area contributed by atoms with Crippen molar-refractivity contribution in [3.8, 4) is 0 Å². The molecule has 148 valence electrons. The van der Waals surface area contributed by atoms with E-state index < -0.39 is 12.2 Å². The van der Waals surface area contributed by atoms with Gasteiger partial charge in [-0.05, 0) is 25.0 Å². The second-order valence-corrected chi connectivity index (χ2v) is 7.77. The zero-order chi connectivity index (χ0) is 20.1. The summed E-state index contributed by atoms with van der Waals surface area (Å²) in [5.41, 5.74) is 0.458. The molecule has 2 heterocycles. The number of aromatic nitrogens is 1. The topological polar surface area (TPSA) is 73.8 Å². The second-order valence-electron chi connectivity index (χ2n) is 7.01. The van der Waals surface area contributed by atoms with Gasteiger partial charge in [-0.25, -0.2) is 0 Å². The molecule has 0 aliphatic carbocycles. The molecule has 0 bridgehead atoms. The monoisotopic (exact) mass is 486 g/mol. The average molecular weight is 486 g/mol. The Balaban J connectivity index is 2.33. The highest BCUT2D eigenvalue weighted by atomic mass is 127. The molecule has 1 aromatic rings. The molecule has 3 atom stereocenters. The lowest BCUT2D eigenvalue weighted by Crippen LogP contribution is -2.68. The highest BCUT2D eigenvalue weighted by molar-refractivity contribution is 14.1. The van der Waals surface area contributed by atoms with Crippen LogP contribution in [0.1, 0.15) is 37.6 Å². The van der Waals surface area contributed by atoms with E-state index in [1.807, 2.05) is 22.6 Å². The van der Waals surface area contributed by atoms with Gasteiger partial charge in [0, 0.05) is 26.0 Å². The van der Waals surface area contributed by atoms with E-state index in [1.54, 1.807) is 47.0 Å². The lowest BCUT2D eigenvalue weighted by Gasteiger charge is -2.48. The molecule has 3 amide bonds. The van der Waals surface area contributed by atoms with E-state index in [1.165, 1.54) is 6.20 Å². The fourth-order valence-electron chi connectivity index (χ4n) is 3.27. The summed E-state index contributed by atoms with van der Waals surface area (Å²) in [6.45, 7) is 6.87. The molecule has 0 radical (unpaired) electrons. The van der Waals surface area contributed by atoms with Crippen LogP contribution in [-0.2, 0) is 9.59 Å².